The summed E-state index contributed by atoms with van der Waals surface area (Å²) in [6, 6.07) is 0. The van der Waals surface area contributed by atoms with Crippen molar-refractivity contribution in [2.75, 3.05) is 19.8 Å². The van der Waals surface area contributed by atoms with Gasteiger partial charge in [-0.05, 0) is 103 Å². The lowest BCUT2D eigenvalue weighted by Gasteiger charge is -2.24. The summed E-state index contributed by atoms with van der Waals surface area (Å²) in [4.78, 5) is 31.0. The summed E-state index contributed by atoms with van der Waals surface area (Å²) >= 11 is 0. The van der Waals surface area contributed by atoms with Crippen molar-refractivity contribution in [1.29, 1.82) is 0 Å². The zero-order valence-electron chi connectivity index (χ0n) is 45.9. The molecule has 0 aromatic carbocycles. The van der Waals surface area contributed by atoms with Crippen LogP contribution in [-0.2, 0) is 14.4 Å². The number of allylic oxidation sites excluding steroid dienone is 6. The smallest absolute Gasteiger partial charge is 0.303 e. The van der Waals surface area contributed by atoms with E-state index in [4.69, 9.17) is 30.6 Å². The van der Waals surface area contributed by atoms with E-state index in [0.717, 1.165) is 38.5 Å². The van der Waals surface area contributed by atoms with Gasteiger partial charge in [0.2, 0.25) is 0 Å². The van der Waals surface area contributed by atoms with Gasteiger partial charge in [-0.1, -0.05) is 218 Å². The number of aliphatic hydroxyl groups excluding tert-OH is 3. The van der Waals surface area contributed by atoms with E-state index in [0.29, 0.717) is 25.7 Å². The molecule has 0 rings (SSSR count). The number of carboxylic acids is 3. The molecule has 9 heteroatoms. The van der Waals surface area contributed by atoms with Crippen LogP contribution in [0.3, 0.4) is 0 Å². The summed E-state index contributed by atoms with van der Waals surface area (Å²) in [5, 5.41) is 51.5. The number of hydrogen-bond acceptors (Lipinski definition) is 6. The Kier molecular flexibility index (Phi) is 69.4. The van der Waals surface area contributed by atoms with Gasteiger partial charge in [-0.15, -0.1) is 0 Å². The van der Waals surface area contributed by atoms with Gasteiger partial charge in [0.25, 0.3) is 0 Å². The largest absolute Gasteiger partial charge is 0.481 e. The molecule has 0 unspecified atom stereocenters. The molecule has 0 fully saturated rings. The van der Waals surface area contributed by atoms with Crippen LogP contribution in [0.2, 0.25) is 0 Å². The van der Waals surface area contributed by atoms with Crippen LogP contribution in [0, 0.1) is 5.41 Å². The van der Waals surface area contributed by atoms with Crippen molar-refractivity contribution < 1.29 is 45.0 Å². The first kappa shape index (κ1) is 73.0. The molecule has 0 aromatic rings. The molecule has 0 aromatic heterocycles. The van der Waals surface area contributed by atoms with Gasteiger partial charge in [-0.3, -0.25) is 14.4 Å². The van der Waals surface area contributed by atoms with E-state index >= 15 is 0 Å². The first-order valence-electron chi connectivity index (χ1n) is 29.0. The van der Waals surface area contributed by atoms with Gasteiger partial charge in [-0.2, -0.15) is 0 Å². The maximum atomic E-state index is 10.3. The molecular formula is C60H116O9. The molecule has 0 amide bonds. The van der Waals surface area contributed by atoms with E-state index in [1.807, 2.05) is 6.92 Å². The monoisotopic (exact) mass is 981 g/mol. The highest BCUT2D eigenvalue weighted by molar-refractivity contribution is 5.67. The molecule has 410 valence electrons. The quantitative estimate of drug-likeness (QED) is 0.0256. The Morgan fingerprint density at radius 2 is 0.464 bits per heavy atom. The zero-order chi connectivity index (χ0) is 52.0. The molecule has 0 saturated heterocycles. The fraction of sp³-hybridized carbons (Fsp3) is 0.850. The average molecular weight is 982 g/mol. The van der Waals surface area contributed by atoms with Crippen molar-refractivity contribution in [3.63, 3.8) is 0 Å². The first-order valence-corrected chi connectivity index (χ1v) is 29.0. The van der Waals surface area contributed by atoms with Gasteiger partial charge in [0.1, 0.15) is 0 Å². The minimum absolute atomic E-state index is 0.156. The van der Waals surface area contributed by atoms with Crippen LogP contribution in [0.25, 0.3) is 0 Å². The van der Waals surface area contributed by atoms with Crippen molar-refractivity contribution >= 4 is 17.9 Å². The molecular weight excluding hydrogens is 865 g/mol. The Hall–Kier alpha value is -2.49. The Labute approximate surface area is 426 Å². The number of carbonyl (C=O) groups is 3. The fourth-order valence-corrected chi connectivity index (χ4v) is 7.53. The second kappa shape index (κ2) is 65.5. The van der Waals surface area contributed by atoms with Gasteiger partial charge in [0, 0.05) is 24.7 Å². The molecule has 69 heavy (non-hydrogen) atoms. The highest BCUT2D eigenvalue weighted by atomic mass is 16.4. The first-order chi connectivity index (χ1) is 33.6. The predicted molar refractivity (Wildman–Crippen MR) is 295 cm³/mol. The summed E-state index contributed by atoms with van der Waals surface area (Å²) in [5.74, 6) is -1.99. The number of rotatable bonds is 49. The lowest BCUT2D eigenvalue weighted by Crippen LogP contribution is -2.32. The second-order valence-electron chi connectivity index (χ2n) is 19.5. The Balaban J connectivity index is -0.000000421. The summed E-state index contributed by atoms with van der Waals surface area (Å²) in [6.07, 6.45) is 64.3. The molecule has 0 spiro atoms. The summed E-state index contributed by atoms with van der Waals surface area (Å²) in [5.41, 5.74) is -0.667. The van der Waals surface area contributed by atoms with Gasteiger partial charge < -0.3 is 30.6 Å². The number of unbranched alkanes of at least 4 members (excludes halogenated alkanes) is 33. The van der Waals surface area contributed by atoms with Crippen molar-refractivity contribution in [1.82, 2.24) is 0 Å². The molecule has 9 nitrogen and oxygen atoms in total. The maximum absolute atomic E-state index is 10.3. The van der Waals surface area contributed by atoms with Gasteiger partial charge in [-0.25, -0.2) is 0 Å². The molecule has 0 aliphatic rings. The van der Waals surface area contributed by atoms with Crippen LogP contribution in [0.1, 0.15) is 304 Å². The van der Waals surface area contributed by atoms with Crippen molar-refractivity contribution in [3.8, 4) is 0 Å². The van der Waals surface area contributed by atoms with Crippen LogP contribution in [0.5, 0.6) is 0 Å². The van der Waals surface area contributed by atoms with E-state index < -0.39 is 23.3 Å². The summed E-state index contributed by atoms with van der Waals surface area (Å²) in [7, 11) is 0. The molecule has 0 bridgehead atoms. The van der Waals surface area contributed by atoms with Gasteiger partial charge >= 0.3 is 17.9 Å². The van der Waals surface area contributed by atoms with E-state index in [1.165, 1.54) is 212 Å². The molecule has 0 aliphatic carbocycles. The maximum Gasteiger partial charge on any atom is 0.303 e. The zero-order valence-corrected chi connectivity index (χ0v) is 45.9. The van der Waals surface area contributed by atoms with Crippen molar-refractivity contribution in [2.45, 2.75) is 304 Å². The lowest BCUT2D eigenvalue weighted by molar-refractivity contribution is -0.138. The predicted octanol–water partition coefficient (Wildman–Crippen LogP) is 17.7. The molecule has 0 heterocycles. The van der Waals surface area contributed by atoms with E-state index in [-0.39, 0.29) is 19.8 Å². The molecule has 0 aliphatic heterocycles. The number of aliphatic carboxylic acids is 3. The van der Waals surface area contributed by atoms with Crippen LogP contribution in [0.4, 0.5) is 0 Å². The van der Waals surface area contributed by atoms with Gasteiger partial charge in [0.05, 0.1) is 19.8 Å². The number of aliphatic hydroxyl groups is 3. The van der Waals surface area contributed by atoms with Gasteiger partial charge in [0.15, 0.2) is 0 Å². The summed E-state index contributed by atoms with van der Waals surface area (Å²) < 4.78 is 0. The SMILES string of the molecule is CCC(CO)(CO)CO.CCCCCCCC/C=C\CCCCCCCC(=O)O.CCCCCCCC/C=C\CCCCCCCC(=O)O.CCCCCCCC/C=C\CCCCCCCC(=O)O. The highest BCUT2D eigenvalue weighted by Gasteiger charge is 2.24. The van der Waals surface area contributed by atoms with Crippen LogP contribution >= 0.6 is 0 Å². The van der Waals surface area contributed by atoms with Crippen LogP contribution in [-0.4, -0.2) is 68.4 Å². The average Bonchev–Trinajstić information content (AvgIpc) is 3.34. The topological polar surface area (TPSA) is 173 Å². The molecule has 0 radical (unpaired) electrons. The van der Waals surface area contributed by atoms with Crippen LogP contribution < -0.4 is 0 Å². The number of hydrogen-bond donors (Lipinski definition) is 6. The highest BCUT2D eigenvalue weighted by Crippen LogP contribution is 2.18. The van der Waals surface area contributed by atoms with Crippen LogP contribution in [0.15, 0.2) is 36.5 Å². The second-order valence-corrected chi connectivity index (χ2v) is 19.5. The van der Waals surface area contributed by atoms with E-state index in [9.17, 15) is 14.4 Å². The normalized spacial score (nSPS) is 11.3. The minimum atomic E-state index is -0.667. The van der Waals surface area contributed by atoms with E-state index in [2.05, 4.69) is 57.2 Å². The Bertz CT molecular complexity index is 962. The molecule has 0 atom stereocenters. The third kappa shape index (κ3) is 72.2. The molecule has 0 saturated carbocycles. The standard InChI is InChI=1S/3C18H34O2.C6H14O3/c3*1-2-3-4-5-6-7-8-9-10-11-12-13-14-15-16-17-18(19)20;1-2-6(3-7,4-8)5-9/h3*9-10H,2-8,11-17H2,1H3,(H,19,20);7-9H,2-5H2,1H3/b3*10-9-;. The van der Waals surface area contributed by atoms with E-state index in [1.54, 1.807) is 0 Å². The van der Waals surface area contributed by atoms with Crippen molar-refractivity contribution in [3.05, 3.63) is 36.5 Å². The number of carboxylic acid groups (broad SMARTS) is 3. The fourth-order valence-electron chi connectivity index (χ4n) is 7.53. The third-order valence-electron chi connectivity index (χ3n) is 12.7. The third-order valence-corrected chi connectivity index (χ3v) is 12.7. The lowest BCUT2D eigenvalue weighted by atomic mass is 9.88. The summed E-state index contributed by atoms with van der Waals surface area (Å²) in [6.45, 7) is 8.13. The Morgan fingerprint density at radius 3 is 0.609 bits per heavy atom. The molecule has 6 N–H and O–H groups in total. The Morgan fingerprint density at radius 1 is 0.290 bits per heavy atom. The minimum Gasteiger partial charge on any atom is -0.481 e. The van der Waals surface area contributed by atoms with Crippen molar-refractivity contribution in [2.24, 2.45) is 5.41 Å².